The molecule has 0 saturated carbocycles. The molecule has 1 unspecified atom stereocenters. The fourth-order valence-electron chi connectivity index (χ4n) is 4.38. The number of benzene rings is 1. The first-order chi connectivity index (χ1) is 12.4. The van der Waals surface area contributed by atoms with Gasteiger partial charge in [0.1, 0.15) is 5.82 Å². The molecule has 2 saturated heterocycles. The Morgan fingerprint density at radius 3 is 2.69 bits per heavy atom. The fraction of sp³-hybridized carbons (Fsp3) is 0.579. The summed E-state index contributed by atoms with van der Waals surface area (Å²) in [5, 5.41) is 0. The molecule has 3 heterocycles. The van der Waals surface area contributed by atoms with E-state index < -0.39 is 0 Å². The van der Waals surface area contributed by atoms with Crippen molar-refractivity contribution in [2.45, 2.75) is 51.1 Å². The normalized spacial score (nSPS) is 25.6. The van der Waals surface area contributed by atoms with Crippen molar-refractivity contribution in [2.75, 3.05) is 19.7 Å². The van der Waals surface area contributed by atoms with Crippen LogP contribution in [0.5, 0.6) is 0 Å². The number of esters is 1. The van der Waals surface area contributed by atoms with E-state index in [0.29, 0.717) is 24.1 Å². The highest BCUT2D eigenvalue weighted by molar-refractivity contribution is 5.76. The summed E-state index contributed by atoms with van der Waals surface area (Å²) >= 11 is 0. The van der Waals surface area contributed by atoms with Crippen molar-refractivity contribution in [1.29, 1.82) is 0 Å². The maximum atomic E-state index is 13.8. The number of likely N-dealkylation sites (tertiary alicyclic amines) is 1. The van der Waals surface area contributed by atoms with E-state index in [-0.39, 0.29) is 29.1 Å². The van der Waals surface area contributed by atoms with E-state index in [9.17, 15) is 14.0 Å². The van der Waals surface area contributed by atoms with Crippen molar-refractivity contribution in [3.05, 3.63) is 34.0 Å². The molecule has 1 aromatic carbocycles. The summed E-state index contributed by atoms with van der Waals surface area (Å²) in [6.45, 7) is 5.96. The van der Waals surface area contributed by atoms with Gasteiger partial charge in [0.15, 0.2) is 0 Å². The minimum absolute atomic E-state index is 0.0801. The van der Waals surface area contributed by atoms with E-state index in [2.05, 4.69) is 16.8 Å². The number of aromatic amines is 1. The van der Waals surface area contributed by atoms with E-state index in [1.165, 1.54) is 6.07 Å². The second-order valence-electron chi connectivity index (χ2n) is 7.78. The van der Waals surface area contributed by atoms with E-state index in [1.807, 2.05) is 0 Å². The van der Waals surface area contributed by atoms with Crippen LogP contribution < -0.4 is 5.69 Å². The van der Waals surface area contributed by atoms with Gasteiger partial charge in [0.05, 0.1) is 24.1 Å². The smallest absolute Gasteiger partial charge is 0.326 e. The number of carbonyl (C=O) groups excluding carboxylic acids is 1. The predicted molar refractivity (Wildman–Crippen MR) is 95.7 cm³/mol. The highest BCUT2D eigenvalue weighted by Crippen LogP contribution is 2.34. The van der Waals surface area contributed by atoms with Gasteiger partial charge in [0.25, 0.3) is 0 Å². The summed E-state index contributed by atoms with van der Waals surface area (Å²) in [4.78, 5) is 29.3. The molecule has 6 nitrogen and oxygen atoms in total. The number of fused-ring (bicyclic) bond motifs is 1. The summed E-state index contributed by atoms with van der Waals surface area (Å²) in [5.74, 6) is -0.441. The number of ether oxygens (including phenoxy) is 1. The molecule has 2 aliphatic heterocycles. The lowest BCUT2D eigenvalue weighted by Crippen LogP contribution is -2.54. The number of cyclic esters (lactones) is 1. The molecule has 0 amide bonds. The highest BCUT2D eigenvalue weighted by atomic mass is 19.1. The first kappa shape index (κ1) is 17.3. The van der Waals surface area contributed by atoms with Crippen molar-refractivity contribution < 1.29 is 13.9 Å². The molecule has 2 aromatic rings. The fourth-order valence-corrected chi connectivity index (χ4v) is 4.38. The SMILES string of the molecule is Cc1cc2c(cc1F)[nH]c(=O)n2C1CCN(C2(C)CCOC(=O)C2)CC1. The minimum atomic E-state index is -0.308. The monoisotopic (exact) mass is 361 g/mol. The zero-order valence-corrected chi connectivity index (χ0v) is 15.2. The molecule has 0 spiro atoms. The topological polar surface area (TPSA) is 67.3 Å². The molecule has 2 fully saturated rings. The third kappa shape index (κ3) is 2.84. The van der Waals surface area contributed by atoms with E-state index in [0.717, 1.165) is 37.9 Å². The Bertz CT molecular complexity index is 911. The molecular formula is C19H24FN3O3. The standard InChI is InChI=1S/C19H24FN3O3/c1-12-9-16-15(10-14(12)20)21-18(25)23(16)13-3-6-22(7-4-13)19(2)5-8-26-17(24)11-19/h9-10,13H,3-8,11H2,1-2H3,(H,21,25). The van der Waals surface area contributed by atoms with Crippen LogP contribution in [0, 0.1) is 12.7 Å². The maximum Gasteiger partial charge on any atom is 0.326 e. The Balaban J connectivity index is 1.56. The van der Waals surface area contributed by atoms with Crippen molar-refractivity contribution >= 4 is 17.0 Å². The Morgan fingerprint density at radius 2 is 2.00 bits per heavy atom. The quantitative estimate of drug-likeness (QED) is 0.835. The number of aromatic nitrogens is 2. The molecule has 140 valence electrons. The van der Waals surface area contributed by atoms with Gasteiger partial charge in [-0.25, -0.2) is 9.18 Å². The van der Waals surface area contributed by atoms with Crippen molar-refractivity contribution in [3.8, 4) is 0 Å². The van der Waals surface area contributed by atoms with Crippen LogP contribution in [-0.4, -0.2) is 45.7 Å². The second kappa shape index (κ2) is 6.23. The predicted octanol–water partition coefficient (Wildman–Crippen LogP) is 2.51. The van der Waals surface area contributed by atoms with Crippen LogP contribution in [0.25, 0.3) is 11.0 Å². The number of nitrogens with one attached hydrogen (secondary N) is 1. The molecular weight excluding hydrogens is 337 g/mol. The summed E-state index contributed by atoms with van der Waals surface area (Å²) in [7, 11) is 0. The van der Waals surface area contributed by atoms with Gasteiger partial charge >= 0.3 is 11.7 Å². The summed E-state index contributed by atoms with van der Waals surface area (Å²) in [6.07, 6.45) is 2.92. The van der Waals surface area contributed by atoms with Gasteiger partial charge in [-0.05, 0) is 44.4 Å². The zero-order valence-electron chi connectivity index (χ0n) is 15.2. The van der Waals surface area contributed by atoms with Gasteiger partial charge in [-0.3, -0.25) is 14.3 Å². The Kier molecular flexibility index (Phi) is 4.14. The van der Waals surface area contributed by atoms with Gasteiger partial charge < -0.3 is 9.72 Å². The molecule has 0 bridgehead atoms. The zero-order chi connectivity index (χ0) is 18.5. The van der Waals surface area contributed by atoms with Crippen molar-refractivity contribution in [2.24, 2.45) is 0 Å². The van der Waals surface area contributed by atoms with E-state index >= 15 is 0 Å². The van der Waals surface area contributed by atoms with Crippen LogP contribution in [0.2, 0.25) is 0 Å². The molecule has 0 aliphatic carbocycles. The van der Waals surface area contributed by atoms with Crippen LogP contribution in [0.15, 0.2) is 16.9 Å². The number of rotatable bonds is 2. The minimum Gasteiger partial charge on any atom is -0.466 e. The molecule has 1 N–H and O–H groups in total. The summed E-state index contributed by atoms with van der Waals surface area (Å²) < 4.78 is 20.6. The highest BCUT2D eigenvalue weighted by Gasteiger charge is 2.39. The van der Waals surface area contributed by atoms with E-state index in [4.69, 9.17) is 4.74 Å². The van der Waals surface area contributed by atoms with Crippen LogP contribution in [-0.2, 0) is 9.53 Å². The first-order valence-electron chi connectivity index (χ1n) is 9.18. The number of hydrogen-bond donors (Lipinski definition) is 1. The molecule has 26 heavy (non-hydrogen) atoms. The molecule has 4 rings (SSSR count). The van der Waals surface area contributed by atoms with Gasteiger partial charge in [-0.2, -0.15) is 0 Å². The van der Waals surface area contributed by atoms with Crippen molar-refractivity contribution in [1.82, 2.24) is 14.5 Å². The lowest BCUT2D eigenvalue weighted by molar-refractivity contribution is -0.154. The third-order valence-corrected chi connectivity index (χ3v) is 6.02. The van der Waals surface area contributed by atoms with Gasteiger partial charge in [-0.1, -0.05) is 0 Å². The maximum absolute atomic E-state index is 13.8. The average molecular weight is 361 g/mol. The number of carbonyl (C=O) groups is 1. The molecule has 7 heteroatoms. The molecule has 2 aliphatic rings. The Labute approximate surface area is 150 Å². The lowest BCUT2D eigenvalue weighted by Gasteiger charge is -2.46. The average Bonchev–Trinajstić information content (AvgIpc) is 2.90. The van der Waals surface area contributed by atoms with Crippen LogP contribution in [0.4, 0.5) is 4.39 Å². The van der Waals surface area contributed by atoms with E-state index in [1.54, 1.807) is 17.6 Å². The molecule has 1 atom stereocenters. The Morgan fingerprint density at radius 1 is 1.27 bits per heavy atom. The van der Waals surface area contributed by atoms with Crippen LogP contribution in [0.3, 0.4) is 0 Å². The number of piperidine rings is 1. The first-order valence-corrected chi connectivity index (χ1v) is 9.18. The second-order valence-corrected chi connectivity index (χ2v) is 7.78. The number of hydrogen-bond acceptors (Lipinski definition) is 4. The third-order valence-electron chi connectivity index (χ3n) is 6.02. The summed E-state index contributed by atoms with van der Waals surface area (Å²) in [6, 6.07) is 3.22. The summed E-state index contributed by atoms with van der Waals surface area (Å²) in [5.41, 5.74) is 1.50. The largest absolute Gasteiger partial charge is 0.466 e. The van der Waals surface area contributed by atoms with Crippen LogP contribution >= 0.6 is 0 Å². The van der Waals surface area contributed by atoms with Crippen LogP contribution in [0.1, 0.15) is 44.2 Å². The molecule has 0 radical (unpaired) electrons. The van der Waals surface area contributed by atoms with Gasteiger partial charge in [0, 0.05) is 31.1 Å². The number of imidazole rings is 1. The number of aryl methyl sites for hydroxylation is 1. The lowest BCUT2D eigenvalue weighted by atomic mass is 9.87. The van der Waals surface area contributed by atoms with Crippen molar-refractivity contribution in [3.63, 3.8) is 0 Å². The van der Waals surface area contributed by atoms with Gasteiger partial charge in [0.2, 0.25) is 0 Å². The Hall–Kier alpha value is -2.15. The number of halogens is 1. The number of H-pyrrole nitrogens is 1. The molecule has 1 aromatic heterocycles. The number of nitrogens with zero attached hydrogens (tertiary/aromatic N) is 2. The van der Waals surface area contributed by atoms with Gasteiger partial charge in [-0.15, -0.1) is 0 Å².